The van der Waals surface area contributed by atoms with Crippen LogP contribution in [-0.4, -0.2) is 18.5 Å². The number of hydrogen-bond acceptors (Lipinski definition) is 6. The van der Waals surface area contributed by atoms with Crippen molar-refractivity contribution in [1.82, 2.24) is 0 Å². The summed E-state index contributed by atoms with van der Waals surface area (Å²) in [6.07, 6.45) is 0. The molecule has 0 unspecified atom stereocenters. The first-order valence-electron chi connectivity index (χ1n) is 8.22. The summed E-state index contributed by atoms with van der Waals surface area (Å²) in [7, 11) is 0. The molecule has 3 rings (SSSR count). The van der Waals surface area contributed by atoms with Gasteiger partial charge in [0.25, 0.3) is 5.91 Å². The molecule has 0 radical (unpaired) electrons. The Kier molecular flexibility index (Phi) is 5.79. The lowest BCUT2D eigenvalue weighted by atomic mass is 10.0. The van der Waals surface area contributed by atoms with Gasteiger partial charge < -0.3 is 10.1 Å². The van der Waals surface area contributed by atoms with Crippen LogP contribution in [0.2, 0.25) is 0 Å². The summed E-state index contributed by atoms with van der Waals surface area (Å²) in [5.74, 6) is -0.742. The minimum Gasteiger partial charge on any atom is -0.462 e. The maximum absolute atomic E-state index is 12.9. The summed E-state index contributed by atoms with van der Waals surface area (Å²) in [5.41, 5.74) is 1.17. The molecule has 0 aliphatic carbocycles. The number of carbonyl (C=O) groups excluding carboxylic acids is 2. The van der Waals surface area contributed by atoms with E-state index >= 15 is 0 Å². The predicted octanol–water partition coefficient (Wildman–Crippen LogP) is 5.21. The number of ether oxygens (including phenoxy) is 1. The summed E-state index contributed by atoms with van der Waals surface area (Å²) in [4.78, 5) is 26.0. The van der Waals surface area contributed by atoms with Crippen molar-refractivity contribution >= 4 is 50.7 Å². The van der Waals surface area contributed by atoms with Crippen LogP contribution in [0.4, 0.5) is 5.00 Å². The van der Waals surface area contributed by atoms with Gasteiger partial charge in [-0.1, -0.05) is 36.4 Å². The number of thiocyanates is 1. The van der Waals surface area contributed by atoms with E-state index in [0.29, 0.717) is 25.9 Å². The molecular formula is C20H16N2O3S2. The van der Waals surface area contributed by atoms with E-state index in [2.05, 4.69) is 5.32 Å². The Morgan fingerprint density at radius 3 is 2.70 bits per heavy atom. The van der Waals surface area contributed by atoms with Crippen molar-refractivity contribution in [2.24, 2.45) is 0 Å². The van der Waals surface area contributed by atoms with Crippen LogP contribution in [0.1, 0.15) is 32.5 Å². The number of nitriles is 1. The molecule has 1 amide bonds. The molecule has 0 spiro atoms. The number of nitrogens with one attached hydrogen (secondary N) is 1. The molecule has 0 aliphatic heterocycles. The summed E-state index contributed by atoms with van der Waals surface area (Å²) in [5, 5.41) is 16.3. The van der Waals surface area contributed by atoms with Gasteiger partial charge in [-0.3, -0.25) is 4.79 Å². The number of rotatable bonds is 5. The lowest BCUT2D eigenvalue weighted by Crippen LogP contribution is -2.11. The monoisotopic (exact) mass is 396 g/mol. The second kappa shape index (κ2) is 8.25. The van der Waals surface area contributed by atoms with E-state index in [1.54, 1.807) is 19.9 Å². The van der Waals surface area contributed by atoms with Gasteiger partial charge in [0.15, 0.2) is 0 Å². The minimum absolute atomic E-state index is 0.259. The molecule has 1 N–H and O–H groups in total. The summed E-state index contributed by atoms with van der Waals surface area (Å²) in [6.45, 7) is 3.74. The number of hydrogen-bond donors (Lipinski definition) is 1. The summed E-state index contributed by atoms with van der Waals surface area (Å²) in [6, 6.07) is 13.1. The van der Waals surface area contributed by atoms with E-state index in [1.807, 2.05) is 41.8 Å². The molecule has 0 atom stereocenters. The van der Waals surface area contributed by atoms with Crippen LogP contribution in [0, 0.1) is 17.6 Å². The Hall–Kier alpha value is -2.82. The zero-order valence-electron chi connectivity index (χ0n) is 14.7. The topological polar surface area (TPSA) is 79.2 Å². The Bertz CT molecular complexity index is 1060. The quantitative estimate of drug-likeness (QED) is 0.364. The minimum atomic E-state index is -0.453. The number of thioether (sulfide) groups is 1. The van der Waals surface area contributed by atoms with Crippen molar-refractivity contribution < 1.29 is 14.3 Å². The van der Waals surface area contributed by atoms with E-state index in [1.165, 1.54) is 0 Å². The van der Waals surface area contributed by atoms with Gasteiger partial charge in [-0.25, -0.2) is 4.79 Å². The van der Waals surface area contributed by atoms with Crippen LogP contribution >= 0.6 is 23.1 Å². The van der Waals surface area contributed by atoms with Gasteiger partial charge in [-0.15, -0.1) is 11.3 Å². The zero-order valence-corrected chi connectivity index (χ0v) is 16.4. The number of fused-ring (bicyclic) bond motifs is 1. The number of amides is 1. The van der Waals surface area contributed by atoms with Crippen LogP contribution in [-0.2, 0) is 4.74 Å². The lowest BCUT2D eigenvalue weighted by Gasteiger charge is -2.08. The van der Waals surface area contributed by atoms with Crippen LogP contribution in [0.5, 0.6) is 0 Å². The van der Waals surface area contributed by atoms with Gasteiger partial charge in [0.1, 0.15) is 15.3 Å². The van der Waals surface area contributed by atoms with E-state index in [0.717, 1.165) is 33.9 Å². The molecule has 0 saturated carbocycles. The lowest BCUT2D eigenvalue weighted by molar-refractivity contribution is 0.0531. The Balaban J connectivity index is 1.99. The number of anilines is 1. The standard InChI is InChI=1S/C20H16N2O3S2/c1-3-25-20(24)17-12(2)16(26-11-21)19(27-17)22-18(23)15-10-6-8-13-7-4-5-9-14(13)15/h4-10H,3H2,1-2H3,(H,22,23). The maximum Gasteiger partial charge on any atom is 0.348 e. The highest BCUT2D eigenvalue weighted by molar-refractivity contribution is 8.04. The number of benzene rings is 2. The second-order valence-electron chi connectivity index (χ2n) is 5.61. The average Bonchev–Trinajstić information content (AvgIpc) is 2.97. The second-order valence-corrected chi connectivity index (χ2v) is 7.42. The molecule has 7 heteroatoms. The van der Waals surface area contributed by atoms with Crippen LogP contribution in [0.3, 0.4) is 0 Å². The third-order valence-corrected chi connectivity index (χ3v) is 6.08. The largest absolute Gasteiger partial charge is 0.462 e. The predicted molar refractivity (Wildman–Crippen MR) is 108 cm³/mol. The van der Waals surface area contributed by atoms with Crippen molar-refractivity contribution in [3.05, 3.63) is 58.5 Å². The molecule has 0 aliphatic rings. The van der Waals surface area contributed by atoms with E-state index < -0.39 is 5.97 Å². The first-order chi connectivity index (χ1) is 13.1. The van der Waals surface area contributed by atoms with E-state index in [9.17, 15) is 9.59 Å². The molecule has 1 aromatic heterocycles. The first kappa shape index (κ1) is 19.0. The average molecular weight is 396 g/mol. The number of thiophene rings is 1. The van der Waals surface area contributed by atoms with Gasteiger partial charge >= 0.3 is 5.97 Å². The summed E-state index contributed by atoms with van der Waals surface area (Å²) < 4.78 is 5.07. The van der Waals surface area contributed by atoms with Gasteiger partial charge in [0, 0.05) is 5.56 Å². The third kappa shape index (κ3) is 3.82. The van der Waals surface area contributed by atoms with Crippen molar-refractivity contribution in [2.45, 2.75) is 18.7 Å². The first-order valence-corrected chi connectivity index (χ1v) is 9.85. The smallest absolute Gasteiger partial charge is 0.348 e. The Morgan fingerprint density at radius 1 is 1.22 bits per heavy atom. The third-order valence-electron chi connectivity index (χ3n) is 3.96. The van der Waals surface area contributed by atoms with Crippen LogP contribution < -0.4 is 5.32 Å². The number of esters is 1. The van der Waals surface area contributed by atoms with Gasteiger partial charge in [0.2, 0.25) is 0 Å². The molecule has 1 heterocycles. The van der Waals surface area contributed by atoms with E-state index in [4.69, 9.17) is 10.00 Å². The van der Waals surface area contributed by atoms with Crippen molar-refractivity contribution in [3.63, 3.8) is 0 Å². The van der Waals surface area contributed by atoms with Crippen LogP contribution in [0.15, 0.2) is 47.4 Å². The molecule has 136 valence electrons. The highest BCUT2D eigenvalue weighted by Crippen LogP contribution is 2.40. The van der Waals surface area contributed by atoms with Crippen LogP contribution in [0.25, 0.3) is 10.8 Å². The molecule has 3 aromatic rings. The van der Waals surface area contributed by atoms with Crippen molar-refractivity contribution in [1.29, 1.82) is 5.26 Å². The summed E-state index contributed by atoms with van der Waals surface area (Å²) >= 11 is 2.04. The fourth-order valence-electron chi connectivity index (χ4n) is 2.73. The molecule has 0 saturated heterocycles. The molecule has 27 heavy (non-hydrogen) atoms. The molecular weight excluding hydrogens is 380 g/mol. The number of nitrogens with zero attached hydrogens (tertiary/aromatic N) is 1. The molecule has 0 fully saturated rings. The molecule has 0 bridgehead atoms. The zero-order chi connectivity index (χ0) is 19.4. The van der Waals surface area contributed by atoms with Crippen molar-refractivity contribution in [2.75, 3.05) is 11.9 Å². The SMILES string of the molecule is CCOC(=O)c1sc(NC(=O)c2cccc3ccccc23)c(SC#N)c1C. The van der Waals surface area contributed by atoms with Gasteiger partial charge in [0.05, 0.1) is 11.5 Å². The highest BCUT2D eigenvalue weighted by atomic mass is 32.2. The van der Waals surface area contributed by atoms with Gasteiger partial charge in [-0.2, -0.15) is 5.26 Å². The van der Waals surface area contributed by atoms with Gasteiger partial charge in [-0.05, 0) is 48.0 Å². The van der Waals surface area contributed by atoms with Crippen molar-refractivity contribution in [3.8, 4) is 5.40 Å². The molecule has 5 nitrogen and oxygen atoms in total. The molecule has 2 aromatic carbocycles. The fourth-order valence-corrected chi connectivity index (χ4v) is 4.53. The van der Waals surface area contributed by atoms with E-state index in [-0.39, 0.29) is 12.5 Å². The highest BCUT2D eigenvalue weighted by Gasteiger charge is 2.23. The fraction of sp³-hybridized carbons (Fsp3) is 0.150. The number of carbonyl (C=O) groups is 2. The maximum atomic E-state index is 12.9. The Morgan fingerprint density at radius 2 is 1.96 bits per heavy atom. The normalized spacial score (nSPS) is 10.4. The Labute approximate surface area is 165 Å².